The number of anilines is 1. The van der Waals surface area contributed by atoms with E-state index >= 15 is 0 Å². The zero-order valence-corrected chi connectivity index (χ0v) is 21.6. The lowest BCUT2D eigenvalue weighted by atomic mass is 9.78. The Labute approximate surface area is 217 Å². The molecule has 1 fully saturated rings. The van der Waals surface area contributed by atoms with Crippen LogP contribution in [0.25, 0.3) is 11.1 Å². The molecule has 1 amide bonds. The number of benzene rings is 3. The van der Waals surface area contributed by atoms with Crippen LogP contribution in [0.1, 0.15) is 55.1 Å². The predicted octanol–water partition coefficient (Wildman–Crippen LogP) is 5.07. The van der Waals surface area contributed by atoms with Crippen molar-refractivity contribution in [2.24, 2.45) is 0 Å². The molecule has 3 aromatic rings. The summed E-state index contributed by atoms with van der Waals surface area (Å²) in [4.78, 5) is 26.3. The molecule has 3 aromatic carbocycles. The molecule has 5 rings (SSSR count). The fourth-order valence-corrected chi connectivity index (χ4v) is 4.86. The molecule has 0 unspecified atom stereocenters. The van der Waals surface area contributed by atoms with Gasteiger partial charge in [-0.15, -0.1) is 0 Å². The highest BCUT2D eigenvalue weighted by molar-refractivity contribution is 6.62. The van der Waals surface area contributed by atoms with Gasteiger partial charge in [0.2, 0.25) is 0 Å². The minimum atomic E-state index is -1.11. The van der Waals surface area contributed by atoms with Crippen molar-refractivity contribution in [1.29, 1.82) is 0 Å². The summed E-state index contributed by atoms with van der Waals surface area (Å²) in [6.07, 6.45) is -0.579. The fourth-order valence-electron chi connectivity index (χ4n) is 4.86. The average molecular weight is 499 g/mol. The number of carbonyl (C=O) groups is 2. The molecule has 0 saturated carbocycles. The van der Waals surface area contributed by atoms with Crippen molar-refractivity contribution in [2.45, 2.75) is 44.8 Å². The van der Waals surface area contributed by atoms with E-state index in [1.54, 1.807) is 13.1 Å². The van der Waals surface area contributed by atoms with Gasteiger partial charge < -0.3 is 19.2 Å². The zero-order chi connectivity index (χ0) is 26.5. The number of nitrogens with zero attached hydrogens (tertiary/aromatic N) is 1. The van der Waals surface area contributed by atoms with Crippen LogP contribution < -0.4 is 10.4 Å². The van der Waals surface area contributed by atoms with Crippen LogP contribution in [-0.4, -0.2) is 49.1 Å². The second-order valence-electron chi connectivity index (χ2n) is 10.6. The topological polar surface area (TPSA) is 85.3 Å². The zero-order valence-electron chi connectivity index (χ0n) is 21.6. The molecule has 190 valence electrons. The van der Waals surface area contributed by atoms with E-state index in [1.807, 2.05) is 52.0 Å². The number of carbonyl (C=O) groups excluding carboxylic acids is 1. The Hall–Kier alpha value is -3.62. The number of carboxylic acid groups (broad SMARTS) is 1. The Kier molecular flexibility index (Phi) is 6.12. The molecule has 0 bridgehead atoms. The molecule has 2 aliphatic rings. The van der Waals surface area contributed by atoms with Crippen molar-refractivity contribution < 1.29 is 28.7 Å². The monoisotopic (exact) mass is 499 g/mol. The number of ether oxygens (including phenoxy) is 1. The van der Waals surface area contributed by atoms with Crippen molar-refractivity contribution in [2.75, 3.05) is 18.6 Å². The molecule has 1 aliphatic carbocycles. The van der Waals surface area contributed by atoms with E-state index < -0.39 is 30.4 Å². The highest BCUT2D eigenvalue weighted by atomic mass is 16.7. The van der Waals surface area contributed by atoms with E-state index in [0.717, 1.165) is 22.3 Å². The first kappa shape index (κ1) is 25.1. The van der Waals surface area contributed by atoms with Gasteiger partial charge in [-0.25, -0.2) is 9.59 Å². The van der Waals surface area contributed by atoms with E-state index in [9.17, 15) is 14.7 Å². The lowest BCUT2D eigenvalue weighted by Gasteiger charge is -2.32. The molecule has 7 nitrogen and oxygen atoms in total. The summed E-state index contributed by atoms with van der Waals surface area (Å²) in [5.74, 6) is -1.18. The highest BCUT2D eigenvalue weighted by Gasteiger charge is 2.52. The van der Waals surface area contributed by atoms with Gasteiger partial charge in [0, 0.05) is 18.7 Å². The maximum Gasteiger partial charge on any atom is 0.494 e. The van der Waals surface area contributed by atoms with Gasteiger partial charge in [-0.05, 0) is 73.6 Å². The molecular weight excluding hydrogens is 469 g/mol. The first-order chi connectivity index (χ1) is 17.5. The summed E-state index contributed by atoms with van der Waals surface area (Å²) in [6, 6.07) is 20.9. The average Bonchev–Trinajstić information content (AvgIpc) is 3.31. The SMILES string of the molecule is CN(C(=O)OCC1c2ccccc2-c2ccccc21)c1cc(B2OC(C)(C)C(C)(C)O2)cc(C(=O)O)c1. The first-order valence-electron chi connectivity index (χ1n) is 12.3. The summed E-state index contributed by atoms with van der Waals surface area (Å²) in [6.45, 7) is 7.88. The van der Waals surface area contributed by atoms with E-state index in [-0.39, 0.29) is 18.1 Å². The molecular formula is C29H30BNO6. The molecule has 0 radical (unpaired) electrons. The Morgan fingerprint density at radius 1 is 0.919 bits per heavy atom. The normalized spacial score (nSPS) is 17.3. The van der Waals surface area contributed by atoms with Crippen LogP contribution in [0.3, 0.4) is 0 Å². The number of fused-ring (bicyclic) bond motifs is 3. The molecule has 0 atom stereocenters. The van der Waals surface area contributed by atoms with E-state index in [1.165, 1.54) is 17.0 Å². The van der Waals surface area contributed by atoms with Gasteiger partial charge >= 0.3 is 19.2 Å². The second-order valence-corrected chi connectivity index (χ2v) is 10.6. The van der Waals surface area contributed by atoms with E-state index in [4.69, 9.17) is 14.0 Å². The number of carboxylic acids is 1. The molecule has 1 heterocycles. The molecule has 1 aliphatic heterocycles. The van der Waals surface area contributed by atoms with Gasteiger partial charge in [0.15, 0.2) is 0 Å². The number of rotatable bonds is 5. The third-order valence-electron chi connectivity index (χ3n) is 7.71. The molecule has 1 saturated heterocycles. The van der Waals surface area contributed by atoms with Gasteiger partial charge in [0.1, 0.15) is 6.61 Å². The van der Waals surface area contributed by atoms with Crippen LogP contribution in [0.5, 0.6) is 0 Å². The lowest BCUT2D eigenvalue weighted by molar-refractivity contribution is 0.00578. The predicted molar refractivity (Wildman–Crippen MR) is 143 cm³/mol. The minimum Gasteiger partial charge on any atom is -0.478 e. The van der Waals surface area contributed by atoms with Crippen LogP contribution in [0.2, 0.25) is 0 Å². The molecule has 0 aromatic heterocycles. The number of aromatic carboxylic acids is 1. The summed E-state index contributed by atoms with van der Waals surface area (Å²) in [5, 5.41) is 9.72. The molecule has 0 spiro atoms. The van der Waals surface area contributed by atoms with Crippen molar-refractivity contribution >= 4 is 30.3 Å². The Morgan fingerprint density at radius 3 is 2.00 bits per heavy atom. The standard InChI is InChI=1S/C29H30BNO6/c1-28(2)29(3,4)37-30(36-28)19-14-18(26(32)33)15-20(16-19)31(5)27(34)35-17-25-23-12-8-6-10-21(23)22-11-7-9-13-24(22)25/h6-16,25H,17H2,1-5H3,(H,32,33). The molecule has 37 heavy (non-hydrogen) atoms. The number of amides is 1. The van der Waals surface area contributed by atoms with E-state index in [0.29, 0.717) is 11.2 Å². The lowest BCUT2D eigenvalue weighted by Crippen LogP contribution is -2.41. The van der Waals surface area contributed by atoms with Crippen molar-refractivity contribution in [3.05, 3.63) is 83.4 Å². The highest BCUT2D eigenvalue weighted by Crippen LogP contribution is 2.44. The third-order valence-corrected chi connectivity index (χ3v) is 7.71. The van der Waals surface area contributed by atoms with Gasteiger partial charge in [-0.1, -0.05) is 48.5 Å². The van der Waals surface area contributed by atoms with Gasteiger partial charge in [-0.3, -0.25) is 4.90 Å². The molecule has 1 N–H and O–H groups in total. The van der Waals surface area contributed by atoms with Gasteiger partial charge in [0.25, 0.3) is 0 Å². The van der Waals surface area contributed by atoms with Crippen LogP contribution in [-0.2, 0) is 14.0 Å². The first-order valence-corrected chi connectivity index (χ1v) is 12.3. The van der Waals surface area contributed by atoms with Crippen LogP contribution in [0.15, 0.2) is 66.7 Å². The maximum atomic E-state index is 13.1. The minimum absolute atomic E-state index is 0.0282. The maximum absolute atomic E-state index is 13.1. The smallest absolute Gasteiger partial charge is 0.478 e. The molecule has 8 heteroatoms. The Bertz CT molecular complexity index is 1320. The Morgan fingerprint density at radius 2 is 1.46 bits per heavy atom. The van der Waals surface area contributed by atoms with Crippen LogP contribution >= 0.6 is 0 Å². The number of hydrogen-bond acceptors (Lipinski definition) is 5. The van der Waals surface area contributed by atoms with Gasteiger partial charge in [0.05, 0.1) is 16.8 Å². The van der Waals surface area contributed by atoms with Crippen molar-refractivity contribution in [3.8, 4) is 11.1 Å². The number of hydrogen-bond donors (Lipinski definition) is 1. The quantitative estimate of drug-likeness (QED) is 0.494. The largest absolute Gasteiger partial charge is 0.494 e. The second kappa shape index (κ2) is 9.05. The fraction of sp³-hybridized carbons (Fsp3) is 0.310. The van der Waals surface area contributed by atoms with Crippen molar-refractivity contribution in [3.63, 3.8) is 0 Å². The van der Waals surface area contributed by atoms with Gasteiger partial charge in [-0.2, -0.15) is 0 Å². The summed E-state index contributed by atoms with van der Waals surface area (Å²) >= 11 is 0. The van der Waals surface area contributed by atoms with Crippen LogP contribution in [0, 0.1) is 0 Å². The third kappa shape index (κ3) is 4.41. The van der Waals surface area contributed by atoms with Crippen molar-refractivity contribution in [1.82, 2.24) is 0 Å². The van der Waals surface area contributed by atoms with E-state index in [2.05, 4.69) is 24.3 Å². The summed E-state index contributed by atoms with van der Waals surface area (Å²) < 4.78 is 18.0. The Balaban J connectivity index is 1.37. The van der Waals surface area contributed by atoms with Crippen LogP contribution in [0.4, 0.5) is 10.5 Å². The summed E-state index contributed by atoms with van der Waals surface area (Å²) in [5.41, 5.74) is 4.28. The summed E-state index contributed by atoms with van der Waals surface area (Å²) in [7, 11) is 0.798.